The zero-order valence-electron chi connectivity index (χ0n) is 10.9. The van der Waals surface area contributed by atoms with Crippen LogP contribution in [0.15, 0.2) is 16.7 Å². The van der Waals surface area contributed by atoms with E-state index < -0.39 is 0 Å². The van der Waals surface area contributed by atoms with Gasteiger partial charge in [0, 0.05) is 35.4 Å². The molecule has 0 radical (unpaired) electrons. The lowest BCUT2D eigenvalue weighted by molar-refractivity contribution is 0.255. The lowest BCUT2D eigenvalue weighted by Gasteiger charge is -2.37. The van der Waals surface area contributed by atoms with Gasteiger partial charge in [-0.3, -0.25) is 0 Å². The molecule has 2 rings (SSSR count). The first-order valence-electron chi connectivity index (χ1n) is 6.28. The molecule has 18 heavy (non-hydrogen) atoms. The number of aliphatic hydroxyl groups is 1. The standard InChI is InChI=1S/C13H20BrN3O/c1-16(2)12-4-3-5-17(8-12)13-10(9-18)6-11(14)7-15-13/h6-7,12,18H,3-5,8-9H2,1-2H3. The predicted molar refractivity (Wildman–Crippen MR) is 76.8 cm³/mol. The summed E-state index contributed by atoms with van der Waals surface area (Å²) in [5, 5.41) is 9.45. The average Bonchev–Trinajstić information content (AvgIpc) is 2.38. The number of halogens is 1. The maximum absolute atomic E-state index is 9.45. The molecule has 1 aliphatic heterocycles. The lowest BCUT2D eigenvalue weighted by atomic mass is 10.0. The minimum absolute atomic E-state index is 0.0326. The number of aliphatic hydroxyl groups excluding tert-OH is 1. The SMILES string of the molecule is CN(C)C1CCCN(c2ncc(Br)cc2CO)C1. The highest BCUT2D eigenvalue weighted by Gasteiger charge is 2.23. The fraction of sp³-hybridized carbons (Fsp3) is 0.615. The molecular formula is C13H20BrN3O. The average molecular weight is 314 g/mol. The Morgan fingerprint density at radius 2 is 2.33 bits per heavy atom. The Balaban J connectivity index is 2.20. The van der Waals surface area contributed by atoms with Crippen molar-refractivity contribution in [3.8, 4) is 0 Å². The first-order chi connectivity index (χ1) is 8.61. The number of hydrogen-bond acceptors (Lipinski definition) is 4. The maximum atomic E-state index is 9.45. The minimum Gasteiger partial charge on any atom is -0.392 e. The van der Waals surface area contributed by atoms with E-state index >= 15 is 0 Å². The van der Waals surface area contributed by atoms with Crippen molar-refractivity contribution in [3.05, 3.63) is 22.3 Å². The normalized spacial score (nSPS) is 20.5. The Hall–Kier alpha value is -0.650. The third-order valence-electron chi connectivity index (χ3n) is 3.51. The maximum Gasteiger partial charge on any atom is 0.134 e. The van der Waals surface area contributed by atoms with E-state index in [0.29, 0.717) is 6.04 Å². The molecule has 5 heteroatoms. The number of piperidine rings is 1. The van der Waals surface area contributed by atoms with Crippen molar-refractivity contribution >= 4 is 21.7 Å². The van der Waals surface area contributed by atoms with Gasteiger partial charge >= 0.3 is 0 Å². The molecule has 0 bridgehead atoms. The topological polar surface area (TPSA) is 39.6 Å². The van der Waals surface area contributed by atoms with E-state index in [0.717, 1.165) is 28.9 Å². The lowest BCUT2D eigenvalue weighted by Crippen LogP contribution is -2.45. The van der Waals surface area contributed by atoms with Crippen molar-refractivity contribution in [1.82, 2.24) is 9.88 Å². The van der Waals surface area contributed by atoms with Gasteiger partial charge < -0.3 is 14.9 Å². The highest BCUT2D eigenvalue weighted by molar-refractivity contribution is 9.10. The zero-order chi connectivity index (χ0) is 13.1. The van der Waals surface area contributed by atoms with E-state index in [2.05, 4.69) is 44.8 Å². The van der Waals surface area contributed by atoms with E-state index in [-0.39, 0.29) is 6.61 Å². The Morgan fingerprint density at radius 3 is 3.00 bits per heavy atom. The molecule has 0 amide bonds. The smallest absolute Gasteiger partial charge is 0.134 e. The number of pyridine rings is 1. The Kier molecular flexibility index (Phi) is 4.59. The highest BCUT2D eigenvalue weighted by atomic mass is 79.9. The van der Waals surface area contributed by atoms with E-state index in [1.807, 2.05) is 6.07 Å². The fourth-order valence-corrected chi connectivity index (χ4v) is 2.82. The van der Waals surface area contributed by atoms with Crippen LogP contribution < -0.4 is 4.90 Å². The molecule has 0 aliphatic carbocycles. The van der Waals surface area contributed by atoms with Crippen LogP contribution in [-0.2, 0) is 6.61 Å². The molecule has 1 aromatic rings. The number of rotatable bonds is 3. The second-order valence-electron chi connectivity index (χ2n) is 5.00. The summed E-state index contributed by atoms with van der Waals surface area (Å²) >= 11 is 3.40. The van der Waals surface area contributed by atoms with Crippen molar-refractivity contribution < 1.29 is 5.11 Å². The largest absolute Gasteiger partial charge is 0.392 e. The van der Waals surface area contributed by atoms with Gasteiger partial charge in [-0.25, -0.2) is 4.98 Å². The van der Waals surface area contributed by atoms with Crippen LogP contribution in [0.3, 0.4) is 0 Å². The zero-order valence-corrected chi connectivity index (χ0v) is 12.5. The Labute approximate surface area is 117 Å². The van der Waals surface area contributed by atoms with Crippen LogP contribution in [0.2, 0.25) is 0 Å². The molecule has 0 spiro atoms. The molecule has 0 aromatic carbocycles. The molecule has 2 heterocycles. The number of aromatic nitrogens is 1. The van der Waals surface area contributed by atoms with Crippen molar-refractivity contribution in [2.75, 3.05) is 32.1 Å². The van der Waals surface area contributed by atoms with Crippen LogP contribution >= 0.6 is 15.9 Å². The molecule has 0 saturated carbocycles. The van der Waals surface area contributed by atoms with Gasteiger partial charge in [-0.05, 0) is 48.9 Å². The fourth-order valence-electron chi connectivity index (χ4n) is 2.44. The van der Waals surface area contributed by atoms with Gasteiger partial charge in [0.25, 0.3) is 0 Å². The molecular weight excluding hydrogens is 294 g/mol. The third kappa shape index (κ3) is 3.02. The molecule has 1 atom stereocenters. The number of hydrogen-bond donors (Lipinski definition) is 1. The summed E-state index contributed by atoms with van der Waals surface area (Å²) in [7, 11) is 4.24. The quantitative estimate of drug-likeness (QED) is 0.924. The number of likely N-dealkylation sites (N-methyl/N-ethyl adjacent to an activating group) is 1. The van der Waals surface area contributed by atoms with E-state index in [4.69, 9.17) is 0 Å². The predicted octanol–water partition coefficient (Wildman–Crippen LogP) is 1.87. The van der Waals surface area contributed by atoms with Gasteiger partial charge in [-0.2, -0.15) is 0 Å². The summed E-state index contributed by atoms with van der Waals surface area (Å²) in [6.45, 7) is 2.03. The van der Waals surface area contributed by atoms with Crippen LogP contribution in [0.1, 0.15) is 18.4 Å². The van der Waals surface area contributed by atoms with Gasteiger partial charge in [-0.15, -0.1) is 0 Å². The molecule has 1 aromatic heterocycles. The van der Waals surface area contributed by atoms with Crippen LogP contribution in [0, 0.1) is 0 Å². The van der Waals surface area contributed by atoms with Gasteiger partial charge in [0.15, 0.2) is 0 Å². The van der Waals surface area contributed by atoms with Crippen LogP contribution in [0.5, 0.6) is 0 Å². The molecule has 1 unspecified atom stereocenters. The van der Waals surface area contributed by atoms with Crippen LogP contribution in [-0.4, -0.2) is 48.2 Å². The van der Waals surface area contributed by atoms with Crippen LogP contribution in [0.4, 0.5) is 5.82 Å². The van der Waals surface area contributed by atoms with E-state index in [9.17, 15) is 5.11 Å². The molecule has 4 nitrogen and oxygen atoms in total. The van der Waals surface area contributed by atoms with Crippen molar-refractivity contribution in [1.29, 1.82) is 0 Å². The van der Waals surface area contributed by atoms with E-state index in [1.54, 1.807) is 6.20 Å². The van der Waals surface area contributed by atoms with Gasteiger partial charge in [0.2, 0.25) is 0 Å². The molecule has 1 aliphatic rings. The monoisotopic (exact) mass is 313 g/mol. The summed E-state index contributed by atoms with van der Waals surface area (Å²) in [4.78, 5) is 9.02. The second-order valence-corrected chi connectivity index (χ2v) is 5.92. The summed E-state index contributed by atoms with van der Waals surface area (Å²) in [5.41, 5.74) is 0.892. The molecule has 1 N–H and O–H groups in total. The van der Waals surface area contributed by atoms with Crippen LogP contribution in [0.25, 0.3) is 0 Å². The second kappa shape index (κ2) is 5.99. The van der Waals surface area contributed by atoms with Gasteiger partial charge in [-0.1, -0.05) is 0 Å². The van der Waals surface area contributed by atoms with Gasteiger partial charge in [0.05, 0.1) is 6.61 Å². The summed E-state index contributed by atoms with van der Waals surface area (Å²) in [5.74, 6) is 0.923. The van der Waals surface area contributed by atoms with Crippen molar-refractivity contribution in [2.24, 2.45) is 0 Å². The number of nitrogens with zero attached hydrogens (tertiary/aromatic N) is 3. The summed E-state index contributed by atoms with van der Waals surface area (Å²) < 4.78 is 0.913. The minimum atomic E-state index is 0.0326. The Bertz CT molecular complexity index is 411. The van der Waals surface area contributed by atoms with Crippen molar-refractivity contribution in [2.45, 2.75) is 25.5 Å². The molecule has 1 fully saturated rings. The van der Waals surface area contributed by atoms with Gasteiger partial charge in [0.1, 0.15) is 5.82 Å². The number of anilines is 1. The Morgan fingerprint density at radius 1 is 1.56 bits per heavy atom. The first-order valence-corrected chi connectivity index (χ1v) is 7.07. The first kappa shape index (κ1) is 13.8. The highest BCUT2D eigenvalue weighted by Crippen LogP contribution is 2.25. The van der Waals surface area contributed by atoms with Crippen molar-refractivity contribution in [3.63, 3.8) is 0 Å². The summed E-state index contributed by atoms with van der Waals surface area (Å²) in [6, 6.07) is 2.51. The third-order valence-corrected chi connectivity index (χ3v) is 3.94. The molecule has 1 saturated heterocycles. The molecule has 100 valence electrons. The summed E-state index contributed by atoms with van der Waals surface area (Å²) in [6.07, 6.45) is 4.20. The van der Waals surface area contributed by atoms with E-state index in [1.165, 1.54) is 12.8 Å².